The number of ether oxygens (including phenoxy) is 1. The molecule has 20 heavy (non-hydrogen) atoms. The van der Waals surface area contributed by atoms with E-state index in [-0.39, 0.29) is 6.04 Å². The van der Waals surface area contributed by atoms with Crippen LogP contribution in [-0.4, -0.2) is 6.61 Å². The van der Waals surface area contributed by atoms with E-state index in [1.54, 1.807) is 0 Å². The lowest BCUT2D eigenvalue weighted by atomic mass is 9.88. The average Bonchev–Trinajstić information content (AvgIpc) is 3.08. The fourth-order valence-electron chi connectivity index (χ4n) is 4.69. The Labute approximate surface area is 121 Å². The van der Waals surface area contributed by atoms with Gasteiger partial charge in [0.1, 0.15) is 5.75 Å². The van der Waals surface area contributed by atoms with Crippen molar-refractivity contribution < 1.29 is 4.74 Å². The lowest BCUT2D eigenvalue weighted by molar-refractivity contribution is 0.195. The molecule has 0 aliphatic heterocycles. The van der Waals surface area contributed by atoms with E-state index < -0.39 is 0 Å². The molecule has 4 atom stereocenters. The van der Waals surface area contributed by atoms with Crippen LogP contribution in [0.25, 0.3) is 0 Å². The monoisotopic (exact) mass is 271 g/mol. The van der Waals surface area contributed by atoms with E-state index in [2.05, 4.69) is 18.2 Å². The molecule has 2 nitrogen and oxygen atoms in total. The van der Waals surface area contributed by atoms with Gasteiger partial charge >= 0.3 is 0 Å². The van der Waals surface area contributed by atoms with Crippen LogP contribution in [0.5, 0.6) is 5.75 Å². The molecule has 0 amide bonds. The van der Waals surface area contributed by atoms with Crippen molar-refractivity contribution in [1.82, 2.24) is 0 Å². The normalized spacial score (nSPS) is 35.0. The zero-order chi connectivity index (χ0) is 13.5. The number of hydrogen-bond acceptors (Lipinski definition) is 2. The van der Waals surface area contributed by atoms with Crippen molar-refractivity contribution in [2.45, 2.75) is 51.0 Å². The molecule has 2 saturated carbocycles. The third-order valence-corrected chi connectivity index (χ3v) is 5.83. The molecule has 108 valence electrons. The van der Waals surface area contributed by atoms with Crippen LogP contribution in [0.1, 0.15) is 55.7 Å². The zero-order valence-corrected chi connectivity index (χ0v) is 12.2. The second kappa shape index (κ2) is 5.07. The van der Waals surface area contributed by atoms with Gasteiger partial charge in [-0.2, -0.15) is 0 Å². The van der Waals surface area contributed by atoms with Gasteiger partial charge in [-0.25, -0.2) is 0 Å². The number of fused-ring (bicyclic) bond motifs is 3. The van der Waals surface area contributed by atoms with Crippen LogP contribution in [0.2, 0.25) is 0 Å². The van der Waals surface area contributed by atoms with E-state index in [1.165, 1.54) is 49.7 Å². The van der Waals surface area contributed by atoms with Gasteiger partial charge in [-0.1, -0.05) is 12.5 Å². The highest BCUT2D eigenvalue weighted by molar-refractivity contribution is 5.39. The number of nitrogens with two attached hydrogens (primary N) is 1. The fourth-order valence-corrected chi connectivity index (χ4v) is 4.69. The Morgan fingerprint density at radius 1 is 1.15 bits per heavy atom. The van der Waals surface area contributed by atoms with Crippen LogP contribution in [0.4, 0.5) is 0 Å². The summed E-state index contributed by atoms with van der Waals surface area (Å²) in [7, 11) is 0. The van der Waals surface area contributed by atoms with Crippen LogP contribution >= 0.6 is 0 Å². The first-order valence-electron chi connectivity index (χ1n) is 8.31. The summed E-state index contributed by atoms with van der Waals surface area (Å²) in [6.07, 6.45) is 9.28. The van der Waals surface area contributed by atoms with Crippen LogP contribution < -0.4 is 10.5 Å². The Bertz CT molecular complexity index is 498. The molecule has 3 aliphatic carbocycles. The number of benzene rings is 1. The highest BCUT2D eigenvalue weighted by Gasteiger charge is 2.39. The smallest absolute Gasteiger partial charge is 0.119 e. The molecule has 1 aromatic rings. The summed E-state index contributed by atoms with van der Waals surface area (Å²) >= 11 is 0. The molecule has 2 fully saturated rings. The molecule has 2 heteroatoms. The maximum Gasteiger partial charge on any atom is 0.119 e. The van der Waals surface area contributed by atoms with E-state index in [4.69, 9.17) is 10.5 Å². The lowest BCUT2D eigenvalue weighted by Crippen LogP contribution is -2.20. The number of hydrogen-bond donors (Lipinski definition) is 1. The summed E-state index contributed by atoms with van der Waals surface area (Å²) in [5.74, 6) is 3.78. The van der Waals surface area contributed by atoms with E-state index in [9.17, 15) is 0 Å². The van der Waals surface area contributed by atoms with Crippen molar-refractivity contribution in [2.75, 3.05) is 6.61 Å². The minimum atomic E-state index is 0.213. The molecular weight excluding hydrogens is 246 g/mol. The minimum Gasteiger partial charge on any atom is -0.493 e. The topological polar surface area (TPSA) is 35.2 Å². The van der Waals surface area contributed by atoms with Gasteiger partial charge < -0.3 is 10.5 Å². The molecule has 3 aliphatic rings. The highest BCUT2D eigenvalue weighted by atomic mass is 16.5. The molecule has 1 aromatic carbocycles. The van der Waals surface area contributed by atoms with Gasteiger partial charge in [-0.05, 0) is 79.5 Å². The van der Waals surface area contributed by atoms with Crippen molar-refractivity contribution in [3.05, 3.63) is 29.3 Å². The summed E-state index contributed by atoms with van der Waals surface area (Å²) in [6.45, 7) is 0.912. The van der Waals surface area contributed by atoms with Crippen molar-refractivity contribution in [2.24, 2.45) is 23.5 Å². The summed E-state index contributed by atoms with van der Waals surface area (Å²) < 4.78 is 6.10. The largest absolute Gasteiger partial charge is 0.493 e. The van der Waals surface area contributed by atoms with Gasteiger partial charge in [-0.3, -0.25) is 0 Å². The molecule has 0 radical (unpaired) electrons. The third-order valence-electron chi connectivity index (χ3n) is 5.83. The minimum absolute atomic E-state index is 0.213. The van der Waals surface area contributed by atoms with Crippen molar-refractivity contribution in [3.8, 4) is 5.75 Å². The van der Waals surface area contributed by atoms with Gasteiger partial charge in [0.05, 0.1) is 6.61 Å². The van der Waals surface area contributed by atoms with Gasteiger partial charge in [0.15, 0.2) is 0 Å². The third kappa shape index (κ3) is 2.24. The molecule has 2 bridgehead atoms. The van der Waals surface area contributed by atoms with Crippen LogP contribution in [0, 0.1) is 17.8 Å². The SMILES string of the molecule is N[C@H]1CCCc2ccc(OCC3CC4CCC3C4)cc21. The summed E-state index contributed by atoms with van der Waals surface area (Å²) in [5, 5.41) is 0. The first kappa shape index (κ1) is 12.7. The molecule has 0 heterocycles. The Morgan fingerprint density at radius 2 is 2.10 bits per heavy atom. The first-order chi connectivity index (χ1) is 9.79. The van der Waals surface area contributed by atoms with E-state index >= 15 is 0 Å². The molecule has 3 unspecified atom stereocenters. The van der Waals surface area contributed by atoms with Gasteiger partial charge in [0, 0.05) is 6.04 Å². The van der Waals surface area contributed by atoms with Gasteiger partial charge in [0.25, 0.3) is 0 Å². The summed E-state index contributed by atoms with van der Waals surface area (Å²) in [5.41, 5.74) is 8.98. The molecule has 0 spiro atoms. The number of aryl methyl sites for hydroxylation is 1. The second-order valence-electron chi connectivity index (χ2n) is 7.11. The molecule has 4 rings (SSSR count). The zero-order valence-electron chi connectivity index (χ0n) is 12.2. The number of rotatable bonds is 3. The Kier molecular flexibility index (Phi) is 3.22. The second-order valence-corrected chi connectivity index (χ2v) is 7.11. The highest BCUT2D eigenvalue weighted by Crippen LogP contribution is 2.48. The molecule has 0 saturated heterocycles. The van der Waals surface area contributed by atoms with E-state index in [0.29, 0.717) is 0 Å². The maximum absolute atomic E-state index is 6.23. The van der Waals surface area contributed by atoms with Crippen LogP contribution in [-0.2, 0) is 6.42 Å². The molecular formula is C18H25NO. The average molecular weight is 271 g/mol. The predicted octanol–water partition coefficient (Wildman–Crippen LogP) is 3.84. The fraction of sp³-hybridized carbons (Fsp3) is 0.667. The predicted molar refractivity (Wildman–Crippen MR) is 80.7 cm³/mol. The lowest BCUT2D eigenvalue weighted by Gasteiger charge is -2.24. The standard InChI is InChI=1S/C18H25NO/c19-18-3-1-2-13-6-7-16(10-17(13)18)20-11-15-9-12-4-5-14(15)8-12/h6-7,10,12,14-15,18H,1-5,8-9,11,19H2/t12?,14?,15?,18-/m0/s1. The Balaban J connectivity index is 1.43. The van der Waals surface area contributed by atoms with Crippen molar-refractivity contribution >= 4 is 0 Å². The Morgan fingerprint density at radius 3 is 2.90 bits per heavy atom. The van der Waals surface area contributed by atoms with E-state index in [0.717, 1.165) is 36.5 Å². The Hall–Kier alpha value is -1.02. The van der Waals surface area contributed by atoms with Gasteiger partial charge in [0.2, 0.25) is 0 Å². The molecule has 2 N–H and O–H groups in total. The van der Waals surface area contributed by atoms with Crippen molar-refractivity contribution in [1.29, 1.82) is 0 Å². The summed E-state index contributed by atoms with van der Waals surface area (Å²) in [4.78, 5) is 0. The summed E-state index contributed by atoms with van der Waals surface area (Å²) in [6, 6.07) is 6.78. The van der Waals surface area contributed by atoms with Gasteiger partial charge in [-0.15, -0.1) is 0 Å². The quantitative estimate of drug-likeness (QED) is 0.906. The van der Waals surface area contributed by atoms with Crippen molar-refractivity contribution in [3.63, 3.8) is 0 Å². The van der Waals surface area contributed by atoms with Crippen LogP contribution in [0.15, 0.2) is 18.2 Å². The first-order valence-corrected chi connectivity index (χ1v) is 8.31. The maximum atomic E-state index is 6.23. The van der Waals surface area contributed by atoms with Crippen LogP contribution in [0.3, 0.4) is 0 Å². The molecule has 0 aromatic heterocycles. The van der Waals surface area contributed by atoms with E-state index in [1.807, 2.05) is 0 Å².